The van der Waals surface area contributed by atoms with Crippen molar-refractivity contribution in [2.24, 2.45) is 0 Å². The van der Waals surface area contributed by atoms with Gasteiger partial charge in [-0.3, -0.25) is 10.1 Å². The van der Waals surface area contributed by atoms with Gasteiger partial charge < -0.3 is 14.5 Å². The number of benzene rings is 3. The van der Waals surface area contributed by atoms with Crippen LogP contribution in [-0.2, 0) is 24.4 Å². The average molecular weight is 439 g/mol. The molecule has 32 heavy (non-hydrogen) atoms. The summed E-state index contributed by atoms with van der Waals surface area (Å²) in [6, 6.07) is 15.0. The number of H-pyrrole nitrogens is 1. The van der Waals surface area contributed by atoms with E-state index in [-0.39, 0.29) is 24.5 Å². The first-order valence-corrected chi connectivity index (χ1v) is 9.84. The predicted octanol–water partition coefficient (Wildman–Crippen LogP) is 5.09. The standard InChI is InChI=1S/C23H19F2N3O4/c24-17-3-7-20(25)16(11-17)13-32-19-5-1-15(2-6-19)9-10-31-14-23-26-21-8-4-18(28(29)30)12-22(21)27-23/h1-8,11-12H,9-10,13-14H2,(H,26,27). The Bertz CT molecular complexity index is 1240. The molecule has 0 saturated heterocycles. The third-order valence-corrected chi connectivity index (χ3v) is 4.82. The first kappa shape index (κ1) is 21.4. The number of nitrogens with zero attached hydrogens (tertiary/aromatic N) is 2. The van der Waals surface area contributed by atoms with Gasteiger partial charge in [0, 0.05) is 17.7 Å². The molecule has 0 spiro atoms. The highest BCUT2D eigenvalue weighted by molar-refractivity contribution is 5.77. The number of ether oxygens (including phenoxy) is 2. The Kier molecular flexibility index (Phi) is 6.37. The van der Waals surface area contributed by atoms with Crippen LogP contribution in [0.2, 0.25) is 0 Å². The van der Waals surface area contributed by atoms with Gasteiger partial charge in [0.05, 0.1) is 22.6 Å². The van der Waals surface area contributed by atoms with Crippen molar-refractivity contribution >= 4 is 16.7 Å². The lowest BCUT2D eigenvalue weighted by Crippen LogP contribution is -2.01. The van der Waals surface area contributed by atoms with Crippen molar-refractivity contribution in [3.05, 3.63) is 99.4 Å². The third-order valence-electron chi connectivity index (χ3n) is 4.82. The molecule has 0 unspecified atom stereocenters. The van der Waals surface area contributed by atoms with Crippen LogP contribution in [0.5, 0.6) is 5.75 Å². The van der Waals surface area contributed by atoms with Crippen LogP contribution in [0, 0.1) is 21.7 Å². The number of halogens is 2. The van der Waals surface area contributed by atoms with Crippen molar-refractivity contribution in [3.8, 4) is 5.75 Å². The van der Waals surface area contributed by atoms with Gasteiger partial charge in [0.15, 0.2) is 0 Å². The average Bonchev–Trinajstić information content (AvgIpc) is 3.20. The number of nitro groups is 1. The van der Waals surface area contributed by atoms with E-state index in [1.807, 2.05) is 12.1 Å². The molecule has 0 aliphatic rings. The van der Waals surface area contributed by atoms with Gasteiger partial charge in [0.25, 0.3) is 5.69 Å². The SMILES string of the molecule is O=[N+]([O-])c1ccc2nc(COCCc3ccc(OCc4cc(F)ccc4F)cc3)[nH]c2c1. The van der Waals surface area contributed by atoms with E-state index in [0.717, 1.165) is 23.8 Å². The van der Waals surface area contributed by atoms with Crippen LogP contribution in [0.4, 0.5) is 14.5 Å². The smallest absolute Gasteiger partial charge is 0.271 e. The summed E-state index contributed by atoms with van der Waals surface area (Å²) >= 11 is 0. The van der Waals surface area contributed by atoms with Gasteiger partial charge in [-0.25, -0.2) is 13.8 Å². The molecule has 7 nitrogen and oxygen atoms in total. The Balaban J connectivity index is 1.24. The summed E-state index contributed by atoms with van der Waals surface area (Å²) in [5.41, 5.74) is 2.41. The Morgan fingerprint density at radius 2 is 1.81 bits per heavy atom. The Hall–Kier alpha value is -3.85. The minimum atomic E-state index is -0.511. The summed E-state index contributed by atoms with van der Waals surface area (Å²) in [4.78, 5) is 17.8. The number of nitro benzene ring substituents is 1. The first-order valence-electron chi connectivity index (χ1n) is 9.84. The molecular weight excluding hydrogens is 420 g/mol. The number of nitrogens with one attached hydrogen (secondary N) is 1. The molecule has 1 heterocycles. The lowest BCUT2D eigenvalue weighted by molar-refractivity contribution is -0.384. The van der Waals surface area contributed by atoms with E-state index < -0.39 is 16.6 Å². The zero-order valence-electron chi connectivity index (χ0n) is 16.9. The highest BCUT2D eigenvalue weighted by Gasteiger charge is 2.10. The lowest BCUT2D eigenvalue weighted by Gasteiger charge is -2.08. The normalized spacial score (nSPS) is 11.1. The highest BCUT2D eigenvalue weighted by atomic mass is 19.1. The number of imidazole rings is 1. The van der Waals surface area contributed by atoms with E-state index >= 15 is 0 Å². The summed E-state index contributed by atoms with van der Waals surface area (Å²) in [7, 11) is 0. The van der Waals surface area contributed by atoms with Crippen molar-refractivity contribution in [2.75, 3.05) is 6.61 Å². The number of fused-ring (bicyclic) bond motifs is 1. The fourth-order valence-corrected chi connectivity index (χ4v) is 3.16. The number of rotatable bonds is 9. The second-order valence-corrected chi connectivity index (χ2v) is 7.11. The molecule has 164 valence electrons. The highest BCUT2D eigenvalue weighted by Crippen LogP contribution is 2.20. The van der Waals surface area contributed by atoms with Crippen LogP contribution in [0.3, 0.4) is 0 Å². The minimum Gasteiger partial charge on any atom is -0.489 e. The molecule has 9 heteroatoms. The van der Waals surface area contributed by atoms with E-state index in [2.05, 4.69) is 9.97 Å². The van der Waals surface area contributed by atoms with Gasteiger partial charge in [0.2, 0.25) is 0 Å². The number of aromatic nitrogens is 2. The molecule has 0 fully saturated rings. The molecule has 0 atom stereocenters. The van der Waals surface area contributed by atoms with Gasteiger partial charge in [-0.05, 0) is 48.4 Å². The van der Waals surface area contributed by atoms with E-state index in [9.17, 15) is 18.9 Å². The largest absolute Gasteiger partial charge is 0.489 e. The fraction of sp³-hybridized carbons (Fsp3) is 0.174. The number of non-ortho nitro benzene ring substituents is 1. The molecule has 0 aliphatic carbocycles. The Morgan fingerprint density at radius 1 is 1.00 bits per heavy atom. The van der Waals surface area contributed by atoms with Crippen LogP contribution in [0.25, 0.3) is 11.0 Å². The van der Waals surface area contributed by atoms with Gasteiger partial charge >= 0.3 is 0 Å². The molecule has 1 aromatic heterocycles. The van der Waals surface area contributed by atoms with Crippen molar-refractivity contribution < 1.29 is 23.2 Å². The van der Waals surface area contributed by atoms with Crippen LogP contribution in [-0.4, -0.2) is 21.5 Å². The van der Waals surface area contributed by atoms with Crippen LogP contribution < -0.4 is 4.74 Å². The number of hydrogen-bond donors (Lipinski definition) is 1. The van der Waals surface area contributed by atoms with Crippen LogP contribution >= 0.6 is 0 Å². The monoisotopic (exact) mass is 439 g/mol. The van der Waals surface area contributed by atoms with Crippen LogP contribution in [0.1, 0.15) is 17.0 Å². The summed E-state index contributed by atoms with van der Waals surface area (Å²) in [5.74, 6) is 0.121. The lowest BCUT2D eigenvalue weighted by atomic mass is 10.1. The quantitative estimate of drug-likeness (QED) is 0.223. The summed E-state index contributed by atoms with van der Waals surface area (Å²) < 4.78 is 38.0. The second kappa shape index (κ2) is 9.52. The molecule has 0 saturated carbocycles. The van der Waals surface area contributed by atoms with Gasteiger partial charge in [0.1, 0.15) is 36.4 Å². The molecule has 4 aromatic rings. The van der Waals surface area contributed by atoms with E-state index in [4.69, 9.17) is 9.47 Å². The second-order valence-electron chi connectivity index (χ2n) is 7.11. The van der Waals surface area contributed by atoms with E-state index in [1.54, 1.807) is 18.2 Å². The van der Waals surface area contributed by atoms with E-state index in [0.29, 0.717) is 35.6 Å². The maximum atomic E-state index is 13.6. The third kappa shape index (κ3) is 5.25. The van der Waals surface area contributed by atoms with Gasteiger partial charge in [-0.1, -0.05) is 12.1 Å². The number of aromatic amines is 1. The van der Waals surface area contributed by atoms with Crippen molar-refractivity contribution in [2.45, 2.75) is 19.6 Å². The topological polar surface area (TPSA) is 90.3 Å². The maximum Gasteiger partial charge on any atom is 0.271 e. The Morgan fingerprint density at radius 3 is 2.59 bits per heavy atom. The first-order chi connectivity index (χ1) is 15.5. The summed E-state index contributed by atoms with van der Waals surface area (Å²) in [6.07, 6.45) is 0.657. The summed E-state index contributed by atoms with van der Waals surface area (Å²) in [5, 5.41) is 10.9. The molecule has 0 bridgehead atoms. The zero-order chi connectivity index (χ0) is 22.5. The minimum absolute atomic E-state index is 0.00196. The van der Waals surface area contributed by atoms with Crippen molar-refractivity contribution in [3.63, 3.8) is 0 Å². The number of hydrogen-bond acceptors (Lipinski definition) is 5. The van der Waals surface area contributed by atoms with Gasteiger partial charge in [-0.2, -0.15) is 0 Å². The van der Waals surface area contributed by atoms with Crippen molar-refractivity contribution in [1.29, 1.82) is 0 Å². The molecule has 0 amide bonds. The van der Waals surface area contributed by atoms with Crippen molar-refractivity contribution in [1.82, 2.24) is 9.97 Å². The predicted molar refractivity (Wildman–Crippen MR) is 113 cm³/mol. The van der Waals surface area contributed by atoms with Crippen LogP contribution in [0.15, 0.2) is 60.7 Å². The maximum absolute atomic E-state index is 13.6. The zero-order valence-corrected chi connectivity index (χ0v) is 16.9. The molecule has 0 aliphatic heterocycles. The fourth-order valence-electron chi connectivity index (χ4n) is 3.16. The molecule has 0 radical (unpaired) electrons. The molecule has 3 aromatic carbocycles. The van der Waals surface area contributed by atoms with E-state index in [1.165, 1.54) is 12.1 Å². The molecule has 4 rings (SSSR count). The molecule has 1 N–H and O–H groups in total. The van der Waals surface area contributed by atoms with Gasteiger partial charge in [-0.15, -0.1) is 0 Å². The Labute approximate surface area is 181 Å². The molecular formula is C23H19F2N3O4. The summed E-state index contributed by atoms with van der Waals surface area (Å²) in [6.45, 7) is 0.640.